The van der Waals surface area contributed by atoms with Crippen LogP contribution < -0.4 is 5.32 Å². The summed E-state index contributed by atoms with van der Waals surface area (Å²) in [5, 5.41) is 10.8. The van der Waals surface area contributed by atoms with Gasteiger partial charge in [-0.05, 0) is 36.2 Å². The number of nitrogens with one attached hydrogen (secondary N) is 1. The Morgan fingerprint density at radius 3 is 2.70 bits per heavy atom. The number of para-hydroxylation sites is 1. The third-order valence-electron chi connectivity index (χ3n) is 4.63. The van der Waals surface area contributed by atoms with Crippen LogP contribution in [0.25, 0.3) is 17.1 Å². The van der Waals surface area contributed by atoms with E-state index in [2.05, 4.69) is 20.6 Å². The van der Waals surface area contributed by atoms with E-state index in [1.165, 1.54) is 23.1 Å². The van der Waals surface area contributed by atoms with Crippen molar-refractivity contribution in [1.29, 1.82) is 0 Å². The maximum absolute atomic E-state index is 13.9. The van der Waals surface area contributed by atoms with Gasteiger partial charge in [-0.25, -0.2) is 9.07 Å². The number of hydrogen-bond donors (Lipinski definition) is 1. The van der Waals surface area contributed by atoms with E-state index in [0.29, 0.717) is 35.9 Å². The number of nitrogens with zero attached hydrogens (tertiary/aromatic N) is 4. The van der Waals surface area contributed by atoms with Gasteiger partial charge in [0, 0.05) is 24.7 Å². The highest BCUT2D eigenvalue weighted by Crippen LogP contribution is 2.18. The van der Waals surface area contributed by atoms with Gasteiger partial charge in [0.1, 0.15) is 11.5 Å². The molecule has 2 aromatic carbocycles. The predicted octanol–water partition coefficient (Wildman–Crippen LogP) is 3.60. The van der Waals surface area contributed by atoms with E-state index in [-0.39, 0.29) is 5.91 Å². The number of hydrogen-bond acceptors (Lipinski definition) is 5. The van der Waals surface area contributed by atoms with Gasteiger partial charge >= 0.3 is 0 Å². The van der Waals surface area contributed by atoms with Crippen LogP contribution in [0.1, 0.15) is 28.7 Å². The highest BCUT2D eigenvalue weighted by Gasteiger charge is 2.11. The molecule has 0 bridgehead atoms. The molecule has 4 rings (SSSR count). The summed E-state index contributed by atoms with van der Waals surface area (Å²) >= 11 is 0. The Bertz CT molecular complexity index is 1150. The third-order valence-corrected chi connectivity index (χ3v) is 4.63. The fourth-order valence-electron chi connectivity index (χ4n) is 2.96. The fraction of sp³-hybridized carbons (Fsp3) is 0.182. The molecular weight excluding hydrogens is 385 g/mol. The molecule has 0 atom stereocenters. The van der Waals surface area contributed by atoms with E-state index in [1.807, 2.05) is 31.2 Å². The third kappa shape index (κ3) is 4.27. The van der Waals surface area contributed by atoms with Crippen molar-refractivity contribution in [3.05, 3.63) is 83.7 Å². The molecule has 0 fully saturated rings. The molecule has 7 nitrogen and oxygen atoms in total. The summed E-state index contributed by atoms with van der Waals surface area (Å²) in [5.41, 5.74) is 2.59. The summed E-state index contributed by atoms with van der Waals surface area (Å²) in [5.74, 6) is 0.517. The van der Waals surface area contributed by atoms with Gasteiger partial charge in [0.15, 0.2) is 5.82 Å². The molecule has 0 aliphatic heterocycles. The average molecular weight is 405 g/mol. The lowest BCUT2D eigenvalue weighted by Crippen LogP contribution is -2.25. The van der Waals surface area contributed by atoms with Crippen molar-refractivity contribution < 1.29 is 13.7 Å². The molecule has 2 heterocycles. The van der Waals surface area contributed by atoms with Crippen molar-refractivity contribution in [1.82, 2.24) is 25.2 Å². The number of benzene rings is 2. The summed E-state index contributed by atoms with van der Waals surface area (Å²) in [6, 6.07) is 14.0. The van der Waals surface area contributed by atoms with E-state index < -0.39 is 5.82 Å². The highest BCUT2D eigenvalue weighted by molar-refractivity contribution is 5.93. The van der Waals surface area contributed by atoms with Crippen LogP contribution in [0, 0.1) is 5.82 Å². The minimum Gasteiger partial charge on any atom is -0.352 e. The van der Waals surface area contributed by atoms with Crippen molar-refractivity contribution in [2.75, 3.05) is 6.54 Å². The van der Waals surface area contributed by atoms with Crippen molar-refractivity contribution in [2.24, 2.45) is 0 Å². The van der Waals surface area contributed by atoms with Crippen molar-refractivity contribution in [3.63, 3.8) is 0 Å². The molecule has 0 saturated heterocycles. The number of carbonyl (C=O) groups is 1. The maximum atomic E-state index is 13.9. The SMILES string of the molecule is CCc1noc(-c2ccc(CCNC(=O)c3cnn(-c4ccccc4F)c3)cc2)n1. The number of carbonyl (C=O) groups excluding carboxylic acids is 1. The molecule has 0 aliphatic rings. The number of aryl methyl sites for hydroxylation is 1. The van der Waals surface area contributed by atoms with Crippen LogP contribution in [0.4, 0.5) is 4.39 Å². The summed E-state index contributed by atoms with van der Waals surface area (Å²) < 4.78 is 20.4. The summed E-state index contributed by atoms with van der Waals surface area (Å²) in [6.07, 6.45) is 4.32. The van der Waals surface area contributed by atoms with Gasteiger partial charge in [-0.2, -0.15) is 10.1 Å². The lowest BCUT2D eigenvalue weighted by molar-refractivity contribution is 0.0954. The normalized spacial score (nSPS) is 10.9. The van der Waals surface area contributed by atoms with Gasteiger partial charge in [0.25, 0.3) is 11.8 Å². The summed E-state index contributed by atoms with van der Waals surface area (Å²) in [7, 11) is 0. The minimum atomic E-state index is -0.401. The summed E-state index contributed by atoms with van der Waals surface area (Å²) in [6.45, 7) is 2.43. The zero-order valence-corrected chi connectivity index (χ0v) is 16.4. The van der Waals surface area contributed by atoms with Gasteiger partial charge in [0.2, 0.25) is 0 Å². The van der Waals surface area contributed by atoms with Crippen LogP contribution in [0.5, 0.6) is 0 Å². The standard InChI is InChI=1S/C22H20FN5O2/c1-2-20-26-22(30-27-20)16-9-7-15(8-10-16)11-12-24-21(29)17-13-25-28(14-17)19-6-4-3-5-18(19)23/h3-10,13-14H,2,11-12H2,1H3,(H,24,29). The first-order valence-corrected chi connectivity index (χ1v) is 9.63. The first-order valence-electron chi connectivity index (χ1n) is 9.63. The van der Waals surface area contributed by atoms with Gasteiger partial charge in [-0.3, -0.25) is 4.79 Å². The molecule has 152 valence electrons. The lowest BCUT2D eigenvalue weighted by Gasteiger charge is -2.05. The smallest absolute Gasteiger partial charge is 0.257 e. The highest BCUT2D eigenvalue weighted by atomic mass is 19.1. The molecule has 4 aromatic rings. The van der Waals surface area contributed by atoms with Crippen LogP contribution in [-0.2, 0) is 12.8 Å². The monoisotopic (exact) mass is 405 g/mol. The first kappa shape index (κ1) is 19.5. The van der Waals surface area contributed by atoms with Gasteiger partial charge in [-0.15, -0.1) is 0 Å². The first-order chi connectivity index (χ1) is 14.6. The van der Waals surface area contributed by atoms with Crippen molar-refractivity contribution in [2.45, 2.75) is 19.8 Å². The largest absolute Gasteiger partial charge is 0.352 e. The molecule has 0 aliphatic carbocycles. The Labute approximate surface area is 172 Å². The Kier molecular flexibility index (Phi) is 5.65. The van der Waals surface area contributed by atoms with Crippen LogP contribution >= 0.6 is 0 Å². The van der Waals surface area contributed by atoms with Crippen molar-refractivity contribution >= 4 is 5.91 Å². The Balaban J connectivity index is 1.32. The van der Waals surface area contributed by atoms with Crippen LogP contribution in [0.3, 0.4) is 0 Å². The molecule has 0 unspecified atom stereocenters. The predicted molar refractivity (Wildman–Crippen MR) is 109 cm³/mol. The lowest BCUT2D eigenvalue weighted by atomic mass is 10.1. The van der Waals surface area contributed by atoms with E-state index in [1.54, 1.807) is 18.2 Å². The van der Waals surface area contributed by atoms with Crippen LogP contribution in [0.15, 0.2) is 65.4 Å². The van der Waals surface area contributed by atoms with E-state index in [4.69, 9.17) is 4.52 Å². The second-order valence-corrected chi connectivity index (χ2v) is 6.70. The van der Waals surface area contributed by atoms with Crippen LogP contribution in [-0.4, -0.2) is 32.4 Å². The molecule has 30 heavy (non-hydrogen) atoms. The van der Waals surface area contributed by atoms with E-state index in [0.717, 1.165) is 17.5 Å². The number of rotatable bonds is 7. The fourth-order valence-corrected chi connectivity index (χ4v) is 2.96. The number of aromatic nitrogens is 4. The second kappa shape index (κ2) is 8.69. The van der Waals surface area contributed by atoms with E-state index >= 15 is 0 Å². The zero-order chi connectivity index (χ0) is 20.9. The Morgan fingerprint density at radius 1 is 1.17 bits per heavy atom. The second-order valence-electron chi connectivity index (χ2n) is 6.70. The van der Waals surface area contributed by atoms with Crippen LogP contribution in [0.2, 0.25) is 0 Å². The van der Waals surface area contributed by atoms with Gasteiger partial charge < -0.3 is 9.84 Å². The molecular formula is C22H20FN5O2. The quantitative estimate of drug-likeness (QED) is 0.508. The number of halogens is 1. The zero-order valence-electron chi connectivity index (χ0n) is 16.4. The maximum Gasteiger partial charge on any atom is 0.257 e. The topological polar surface area (TPSA) is 85.8 Å². The average Bonchev–Trinajstić information content (AvgIpc) is 3.44. The summed E-state index contributed by atoms with van der Waals surface area (Å²) in [4.78, 5) is 16.7. The van der Waals surface area contributed by atoms with Gasteiger partial charge in [0.05, 0.1) is 11.8 Å². The van der Waals surface area contributed by atoms with Crippen molar-refractivity contribution in [3.8, 4) is 17.1 Å². The Hall–Kier alpha value is -3.81. The molecule has 1 N–H and O–H groups in total. The van der Waals surface area contributed by atoms with E-state index in [9.17, 15) is 9.18 Å². The molecule has 0 saturated carbocycles. The minimum absolute atomic E-state index is 0.257. The molecule has 0 spiro atoms. The molecule has 8 heteroatoms. The molecule has 2 aromatic heterocycles. The molecule has 0 radical (unpaired) electrons. The van der Waals surface area contributed by atoms with Gasteiger partial charge in [-0.1, -0.05) is 36.3 Å². The molecule has 1 amide bonds. The number of amides is 1. The Morgan fingerprint density at radius 2 is 1.97 bits per heavy atom.